The summed E-state index contributed by atoms with van der Waals surface area (Å²) in [6.45, 7) is 0.913. The Balaban J connectivity index is 2.46. The Kier molecular flexibility index (Phi) is 3.38. The highest BCUT2D eigenvalue weighted by molar-refractivity contribution is 5.95. The topological polar surface area (TPSA) is 131 Å². The Hall–Kier alpha value is -2.55. The zero-order valence-corrected chi connectivity index (χ0v) is 9.86. The molecule has 0 fully saturated rings. The minimum Gasteiger partial charge on any atom is -0.394 e. The number of benzene rings is 1. The Morgan fingerprint density at radius 1 is 1.53 bits per heavy atom. The van der Waals surface area contributed by atoms with Gasteiger partial charge in [-0.2, -0.15) is 0 Å². The van der Waals surface area contributed by atoms with Crippen LogP contribution in [0.15, 0.2) is 16.8 Å². The van der Waals surface area contributed by atoms with Gasteiger partial charge in [0.2, 0.25) is 5.52 Å². The third-order valence-electron chi connectivity index (χ3n) is 2.59. The van der Waals surface area contributed by atoms with Crippen molar-refractivity contribution in [3.63, 3.8) is 0 Å². The van der Waals surface area contributed by atoms with Crippen molar-refractivity contribution in [2.24, 2.45) is 0 Å². The molecule has 1 heterocycles. The largest absolute Gasteiger partial charge is 0.394 e. The molecule has 0 spiro atoms. The summed E-state index contributed by atoms with van der Waals surface area (Å²) in [5, 5.41) is 29.6. The summed E-state index contributed by atoms with van der Waals surface area (Å²) >= 11 is 0. The lowest BCUT2D eigenvalue weighted by Crippen LogP contribution is -2.31. The SMILES string of the molecule is CC(=O)C(CO)Nc1ccc([N+](=O)[O-])c2nonc12. The number of hydrogen-bond acceptors (Lipinski definition) is 8. The molecule has 100 valence electrons. The summed E-state index contributed by atoms with van der Waals surface area (Å²) in [4.78, 5) is 21.4. The van der Waals surface area contributed by atoms with Gasteiger partial charge in [-0.25, -0.2) is 4.63 Å². The minimum absolute atomic E-state index is 0.0183. The van der Waals surface area contributed by atoms with Gasteiger partial charge >= 0.3 is 5.69 Å². The highest BCUT2D eigenvalue weighted by Crippen LogP contribution is 2.28. The second kappa shape index (κ2) is 4.98. The number of anilines is 1. The molecule has 2 aromatic rings. The molecule has 2 rings (SSSR count). The molecule has 0 saturated carbocycles. The first-order valence-electron chi connectivity index (χ1n) is 5.32. The number of Topliss-reactive ketones (excluding diaryl/α,β-unsaturated/α-hetero) is 1. The summed E-state index contributed by atoms with van der Waals surface area (Å²) in [7, 11) is 0. The molecule has 0 amide bonds. The average Bonchev–Trinajstić information content (AvgIpc) is 2.84. The van der Waals surface area contributed by atoms with Crippen LogP contribution in [-0.4, -0.2) is 38.8 Å². The van der Waals surface area contributed by atoms with Crippen molar-refractivity contribution < 1.29 is 19.5 Å². The molecule has 1 aromatic carbocycles. The van der Waals surface area contributed by atoms with Crippen molar-refractivity contribution in [3.05, 3.63) is 22.2 Å². The molecule has 0 bridgehead atoms. The number of carbonyl (C=O) groups excluding carboxylic acids is 1. The lowest BCUT2D eigenvalue weighted by Gasteiger charge is -2.14. The monoisotopic (exact) mass is 266 g/mol. The molecule has 1 atom stereocenters. The summed E-state index contributed by atoms with van der Waals surface area (Å²) in [6, 6.07) is 1.79. The quantitative estimate of drug-likeness (QED) is 0.590. The van der Waals surface area contributed by atoms with E-state index in [0.717, 1.165) is 0 Å². The van der Waals surface area contributed by atoms with Crippen LogP contribution in [0.5, 0.6) is 0 Å². The number of nitrogens with one attached hydrogen (secondary N) is 1. The Bertz CT molecular complexity index is 638. The van der Waals surface area contributed by atoms with E-state index in [2.05, 4.69) is 20.3 Å². The summed E-state index contributed by atoms with van der Waals surface area (Å²) in [5.41, 5.74) is 0.199. The van der Waals surface area contributed by atoms with Gasteiger partial charge in [-0.05, 0) is 23.3 Å². The number of aromatic nitrogens is 2. The second-order valence-corrected chi connectivity index (χ2v) is 3.84. The molecule has 0 saturated heterocycles. The number of aliphatic hydroxyl groups excluding tert-OH is 1. The number of nitro benzene ring substituents is 1. The van der Waals surface area contributed by atoms with E-state index in [0.29, 0.717) is 5.69 Å². The fraction of sp³-hybridized carbons (Fsp3) is 0.300. The van der Waals surface area contributed by atoms with Gasteiger partial charge in [-0.3, -0.25) is 14.9 Å². The van der Waals surface area contributed by atoms with Gasteiger partial charge in [0.1, 0.15) is 6.04 Å². The van der Waals surface area contributed by atoms with Crippen LogP contribution in [0.4, 0.5) is 11.4 Å². The van der Waals surface area contributed by atoms with Crippen molar-refractivity contribution in [3.8, 4) is 0 Å². The zero-order valence-electron chi connectivity index (χ0n) is 9.86. The van der Waals surface area contributed by atoms with Gasteiger partial charge in [0.05, 0.1) is 17.2 Å². The maximum Gasteiger partial charge on any atom is 0.300 e. The number of hydrogen-bond donors (Lipinski definition) is 2. The Labute approximate surface area is 106 Å². The molecule has 0 aliphatic heterocycles. The molecule has 1 unspecified atom stereocenters. The van der Waals surface area contributed by atoms with E-state index in [1.165, 1.54) is 19.1 Å². The number of carbonyl (C=O) groups is 1. The fourth-order valence-electron chi connectivity index (χ4n) is 1.58. The summed E-state index contributed by atoms with van der Waals surface area (Å²) in [6.07, 6.45) is 0. The van der Waals surface area contributed by atoms with Crippen molar-refractivity contribution in [2.75, 3.05) is 11.9 Å². The van der Waals surface area contributed by atoms with Crippen LogP contribution >= 0.6 is 0 Å². The standard InChI is InChI=1S/C10H10N4O5/c1-5(16)7(4-15)11-6-2-3-8(14(17)18)10-9(6)12-19-13-10/h2-3,7,11,15H,4H2,1H3. The molecule has 9 heteroatoms. The van der Waals surface area contributed by atoms with Crippen molar-refractivity contribution >= 4 is 28.2 Å². The van der Waals surface area contributed by atoms with Crippen molar-refractivity contribution in [2.45, 2.75) is 13.0 Å². The molecule has 2 N–H and O–H groups in total. The number of nitro groups is 1. The summed E-state index contributed by atoms with van der Waals surface area (Å²) < 4.78 is 4.48. The van der Waals surface area contributed by atoms with E-state index < -0.39 is 17.6 Å². The molecular weight excluding hydrogens is 256 g/mol. The molecule has 1 aromatic heterocycles. The molecule has 19 heavy (non-hydrogen) atoms. The highest BCUT2D eigenvalue weighted by Gasteiger charge is 2.21. The number of nitrogens with zero attached hydrogens (tertiary/aromatic N) is 3. The van der Waals surface area contributed by atoms with Gasteiger partial charge in [0.15, 0.2) is 11.3 Å². The van der Waals surface area contributed by atoms with Gasteiger partial charge in [0, 0.05) is 6.07 Å². The van der Waals surface area contributed by atoms with E-state index in [1.807, 2.05) is 0 Å². The normalized spacial score (nSPS) is 12.3. The van der Waals surface area contributed by atoms with Crippen molar-refractivity contribution in [1.82, 2.24) is 10.3 Å². The van der Waals surface area contributed by atoms with Gasteiger partial charge in [-0.15, -0.1) is 0 Å². The van der Waals surface area contributed by atoms with Gasteiger partial charge in [0.25, 0.3) is 0 Å². The van der Waals surface area contributed by atoms with Crippen LogP contribution < -0.4 is 5.32 Å². The van der Waals surface area contributed by atoms with Crippen LogP contribution in [0.25, 0.3) is 11.0 Å². The van der Waals surface area contributed by atoms with Crippen molar-refractivity contribution in [1.29, 1.82) is 0 Å². The third-order valence-corrected chi connectivity index (χ3v) is 2.59. The molecule has 9 nitrogen and oxygen atoms in total. The third kappa shape index (κ3) is 2.36. The van der Waals surface area contributed by atoms with E-state index in [-0.39, 0.29) is 22.5 Å². The second-order valence-electron chi connectivity index (χ2n) is 3.84. The predicted octanol–water partition coefficient (Wildman–Crippen LogP) is 0.493. The van der Waals surface area contributed by atoms with Crippen LogP contribution in [0, 0.1) is 10.1 Å². The lowest BCUT2D eigenvalue weighted by atomic mass is 10.2. The van der Waals surface area contributed by atoms with Crippen LogP contribution in [-0.2, 0) is 4.79 Å². The first kappa shape index (κ1) is 12.9. The number of fused-ring (bicyclic) bond motifs is 1. The van der Waals surface area contributed by atoms with Crippen LogP contribution in [0.1, 0.15) is 6.92 Å². The number of rotatable bonds is 5. The van der Waals surface area contributed by atoms with Gasteiger partial charge < -0.3 is 10.4 Å². The first-order valence-corrected chi connectivity index (χ1v) is 5.32. The first-order chi connectivity index (χ1) is 9.04. The summed E-state index contributed by atoms with van der Waals surface area (Å²) in [5.74, 6) is -0.273. The zero-order chi connectivity index (χ0) is 14.0. The maximum absolute atomic E-state index is 11.2. The molecule has 0 aliphatic carbocycles. The van der Waals surface area contributed by atoms with E-state index in [1.54, 1.807) is 0 Å². The Morgan fingerprint density at radius 2 is 2.21 bits per heavy atom. The van der Waals surface area contributed by atoms with Gasteiger partial charge in [-0.1, -0.05) is 0 Å². The smallest absolute Gasteiger partial charge is 0.300 e. The van der Waals surface area contributed by atoms with E-state index >= 15 is 0 Å². The van der Waals surface area contributed by atoms with Crippen LogP contribution in [0.2, 0.25) is 0 Å². The molecule has 0 radical (unpaired) electrons. The van der Waals surface area contributed by atoms with E-state index in [9.17, 15) is 14.9 Å². The number of aliphatic hydroxyl groups is 1. The fourth-order valence-corrected chi connectivity index (χ4v) is 1.58. The molecular formula is C10H10N4O5. The highest BCUT2D eigenvalue weighted by atomic mass is 16.6. The lowest BCUT2D eigenvalue weighted by molar-refractivity contribution is -0.383. The molecule has 0 aliphatic rings. The van der Waals surface area contributed by atoms with Crippen LogP contribution in [0.3, 0.4) is 0 Å². The Morgan fingerprint density at radius 3 is 2.79 bits per heavy atom. The van der Waals surface area contributed by atoms with E-state index in [4.69, 9.17) is 5.11 Å². The number of non-ortho nitro benzene ring substituents is 1. The predicted molar refractivity (Wildman–Crippen MR) is 63.6 cm³/mol. The maximum atomic E-state index is 11.2. The average molecular weight is 266 g/mol. The number of ketones is 1. The minimum atomic E-state index is -0.818.